The molecule has 19 heavy (non-hydrogen) atoms. The van der Waals surface area contributed by atoms with Gasteiger partial charge in [-0.2, -0.15) is 0 Å². The van der Waals surface area contributed by atoms with Crippen LogP contribution in [0.1, 0.15) is 12.7 Å². The summed E-state index contributed by atoms with van der Waals surface area (Å²) in [6.45, 7) is 2.28. The van der Waals surface area contributed by atoms with E-state index in [1.807, 2.05) is 18.2 Å². The monoisotopic (exact) mass is 279 g/mol. The minimum Gasteiger partial charge on any atom is -0.469 e. The lowest BCUT2D eigenvalue weighted by atomic mass is 10.3. The average Bonchev–Trinajstić information content (AvgIpc) is 2.92. The predicted octanol–water partition coefficient (Wildman–Crippen LogP) is 2.73. The summed E-state index contributed by atoms with van der Waals surface area (Å²) < 4.78 is 29.1. The molecule has 1 heterocycles. The quantitative estimate of drug-likeness (QED) is 0.883. The van der Waals surface area contributed by atoms with Crippen LogP contribution >= 0.6 is 0 Å². The molecule has 0 aliphatic carbocycles. The van der Waals surface area contributed by atoms with Gasteiger partial charge in [-0.15, -0.1) is 0 Å². The lowest BCUT2D eigenvalue weighted by molar-refractivity contribution is 0.513. The molecule has 0 radical (unpaired) electrons. The lowest BCUT2D eigenvalue weighted by Gasteiger charge is -2.11. The standard InChI is InChI=1S/C14H17NO3S/c1-2-19(16,17)14-8-4-3-7-13(14)15-10-9-12-6-5-11-18-12/h3-8,11,15H,2,9-10H2,1H3. The maximum Gasteiger partial charge on any atom is 0.180 e. The maximum atomic E-state index is 12.0. The van der Waals surface area contributed by atoms with Crippen molar-refractivity contribution in [3.63, 3.8) is 0 Å². The van der Waals surface area contributed by atoms with Crippen LogP contribution in [0.3, 0.4) is 0 Å². The smallest absolute Gasteiger partial charge is 0.180 e. The summed E-state index contributed by atoms with van der Waals surface area (Å²) in [5.74, 6) is 0.979. The molecule has 0 aliphatic heterocycles. The van der Waals surface area contributed by atoms with Gasteiger partial charge in [0.25, 0.3) is 0 Å². The number of sulfone groups is 1. The number of hydrogen-bond acceptors (Lipinski definition) is 4. The Morgan fingerprint density at radius 2 is 1.95 bits per heavy atom. The van der Waals surface area contributed by atoms with Gasteiger partial charge in [0.2, 0.25) is 0 Å². The van der Waals surface area contributed by atoms with Crippen molar-refractivity contribution >= 4 is 15.5 Å². The molecule has 0 spiro atoms. The predicted molar refractivity (Wildman–Crippen MR) is 75.1 cm³/mol. The Kier molecular flexibility index (Phi) is 4.27. The summed E-state index contributed by atoms with van der Waals surface area (Å²) >= 11 is 0. The fourth-order valence-electron chi connectivity index (χ4n) is 1.81. The van der Waals surface area contributed by atoms with Gasteiger partial charge in [-0.05, 0) is 24.3 Å². The van der Waals surface area contributed by atoms with Gasteiger partial charge in [-0.1, -0.05) is 19.1 Å². The van der Waals surface area contributed by atoms with Crippen molar-refractivity contribution in [3.8, 4) is 0 Å². The third-order valence-corrected chi connectivity index (χ3v) is 4.66. The molecule has 0 bridgehead atoms. The highest BCUT2D eigenvalue weighted by atomic mass is 32.2. The van der Waals surface area contributed by atoms with E-state index in [1.54, 1.807) is 31.4 Å². The largest absolute Gasteiger partial charge is 0.469 e. The first-order chi connectivity index (χ1) is 9.13. The Balaban J connectivity index is 2.08. The zero-order valence-corrected chi connectivity index (χ0v) is 11.6. The van der Waals surface area contributed by atoms with Crippen molar-refractivity contribution in [1.82, 2.24) is 0 Å². The molecule has 0 aliphatic rings. The van der Waals surface area contributed by atoms with Gasteiger partial charge in [-0.3, -0.25) is 0 Å². The van der Waals surface area contributed by atoms with Crippen LogP contribution < -0.4 is 5.32 Å². The molecule has 0 atom stereocenters. The van der Waals surface area contributed by atoms with Crippen molar-refractivity contribution < 1.29 is 12.8 Å². The highest BCUT2D eigenvalue weighted by molar-refractivity contribution is 7.91. The number of furan rings is 1. The Morgan fingerprint density at radius 3 is 2.63 bits per heavy atom. The Labute approximate surface area is 113 Å². The summed E-state index contributed by atoms with van der Waals surface area (Å²) in [6, 6.07) is 10.7. The van der Waals surface area contributed by atoms with Crippen molar-refractivity contribution in [3.05, 3.63) is 48.4 Å². The molecule has 0 unspecified atom stereocenters. The Bertz CT molecular complexity index is 618. The summed E-state index contributed by atoms with van der Waals surface area (Å²) in [4.78, 5) is 0.358. The molecule has 0 fully saturated rings. The number of anilines is 1. The normalized spacial score (nSPS) is 11.4. The van der Waals surface area contributed by atoms with Crippen molar-refractivity contribution in [2.45, 2.75) is 18.2 Å². The number of hydrogen-bond donors (Lipinski definition) is 1. The molecule has 0 amide bonds. The average molecular weight is 279 g/mol. The summed E-state index contributed by atoms with van der Waals surface area (Å²) in [6.07, 6.45) is 2.35. The van der Waals surface area contributed by atoms with Crippen LogP contribution in [0.15, 0.2) is 52.0 Å². The van der Waals surface area contributed by atoms with Crippen LogP contribution in [0.25, 0.3) is 0 Å². The van der Waals surface area contributed by atoms with Crippen LogP contribution in [-0.2, 0) is 16.3 Å². The first-order valence-electron chi connectivity index (χ1n) is 6.21. The second-order valence-electron chi connectivity index (χ2n) is 4.16. The van der Waals surface area contributed by atoms with Gasteiger partial charge in [0.1, 0.15) is 5.76 Å². The van der Waals surface area contributed by atoms with Crippen molar-refractivity contribution in [2.24, 2.45) is 0 Å². The van der Waals surface area contributed by atoms with Crippen LogP contribution in [-0.4, -0.2) is 20.7 Å². The molecule has 1 aromatic heterocycles. The second-order valence-corrected chi connectivity index (χ2v) is 6.40. The van der Waals surface area contributed by atoms with Crippen LogP contribution in [0.5, 0.6) is 0 Å². The first kappa shape index (κ1) is 13.7. The third kappa shape index (κ3) is 3.38. The second kappa shape index (κ2) is 5.93. The molecular weight excluding hydrogens is 262 g/mol. The Morgan fingerprint density at radius 1 is 1.16 bits per heavy atom. The van der Waals surface area contributed by atoms with E-state index in [0.717, 1.165) is 5.76 Å². The first-order valence-corrected chi connectivity index (χ1v) is 7.87. The van der Waals surface area contributed by atoms with E-state index in [4.69, 9.17) is 4.42 Å². The number of para-hydroxylation sites is 1. The van der Waals surface area contributed by atoms with Crippen molar-refractivity contribution in [1.29, 1.82) is 0 Å². The topological polar surface area (TPSA) is 59.3 Å². The molecular formula is C14H17NO3S. The zero-order chi connectivity index (χ0) is 13.7. The summed E-state index contributed by atoms with van der Waals surface area (Å²) in [5, 5.41) is 3.15. The molecule has 0 saturated heterocycles. The molecule has 1 aromatic carbocycles. The lowest BCUT2D eigenvalue weighted by Crippen LogP contribution is -2.11. The number of nitrogens with one attached hydrogen (secondary N) is 1. The van der Waals surface area contributed by atoms with Gasteiger partial charge in [0.15, 0.2) is 9.84 Å². The van der Waals surface area contributed by atoms with Gasteiger partial charge < -0.3 is 9.73 Å². The van der Waals surface area contributed by atoms with Crippen LogP contribution in [0.4, 0.5) is 5.69 Å². The molecule has 0 saturated carbocycles. The minimum atomic E-state index is -3.20. The molecule has 102 valence electrons. The highest BCUT2D eigenvalue weighted by Crippen LogP contribution is 2.21. The highest BCUT2D eigenvalue weighted by Gasteiger charge is 2.15. The molecule has 2 rings (SSSR count). The van der Waals surface area contributed by atoms with Crippen LogP contribution in [0.2, 0.25) is 0 Å². The molecule has 1 N–H and O–H groups in total. The summed E-state index contributed by atoms with van der Waals surface area (Å²) in [5.41, 5.74) is 0.649. The van der Waals surface area contributed by atoms with Crippen molar-refractivity contribution in [2.75, 3.05) is 17.6 Å². The minimum absolute atomic E-state index is 0.101. The molecule has 4 nitrogen and oxygen atoms in total. The molecule has 2 aromatic rings. The van der Waals surface area contributed by atoms with E-state index in [0.29, 0.717) is 23.5 Å². The number of benzene rings is 1. The van der Waals surface area contributed by atoms with E-state index in [2.05, 4.69) is 5.32 Å². The van der Waals surface area contributed by atoms with Crippen LogP contribution in [0, 0.1) is 0 Å². The molecule has 5 heteroatoms. The SMILES string of the molecule is CCS(=O)(=O)c1ccccc1NCCc1ccco1. The van der Waals surface area contributed by atoms with E-state index in [9.17, 15) is 8.42 Å². The van der Waals surface area contributed by atoms with Gasteiger partial charge in [0, 0.05) is 13.0 Å². The van der Waals surface area contributed by atoms with E-state index in [-0.39, 0.29) is 5.75 Å². The third-order valence-electron chi connectivity index (χ3n) is 2.87. The fourth-order valence-corrected chi connectivity index (χ4v) is 2.89. The summed E-state index contributed by atoms with van der Waals surface area (Å²) in [7, 11) is -3.20. The Hall–Kier alpha value is -1.75. The van der Waals surface area contributed by atoms with Gasteiger partial charge in [0.05, 0.1) is 22.6 Å². The zero-order valence-electron chi connectivity index (χ0n) is 10.8. The van der Waals surface area contributed by atoms with E-state index < -0.39 is 9.84 Å². The van der Waals surface area contributed by atoms with Gasteiger partial charge >= 0.3 is 0 Å². The fraction of sp³-hybridized carbons (Fsp3) is 0.286. The van der Waals surface area contributed by atoms with Gasteiger partial charge in [-0.25, -0.2) is 8.42 Å². The van der Waals surface area contributed by atoms with E-state index >= 15 is 0 Å². The number of rotatable bonds is 6. The van der Waals surface area contributed by atoms with E-state index in [1.165, 1.54) is 0 Å². The maximum absolute atomic E-state index is 12.0.